The Balaban J connectivity index is 2.41. The molecule has 4 nitrogen and oxygen atoms in total. The highest BCUT2D eigenvalue weighted by atomic mass is 35.5. The molecule has 0 aromatic heterocycles. The van der Waals surface area contributed by atoms with Crippen LogP contribution >= 0.6 is 11.6 Å². The second kappa shape index (κ2) is 6.59. The fourth-order valence-electron chi connectivity index (χ4n) is 1.59. The van der Waals surface area contributed by atoms with Gasteiger partial charge in [-0.2, -0.15) is 0 Å². The van der Waals surface area contributed by atoms with Gasteiger partial charge in [0.25, 0.3) is 0 Å². The van der Waals surface area contributed by atoms with Crippen molar-refractivity contribution in [2.45, 2.75) is 19.1 Å². The Kier molecular flexibility index (Phi) is 5.41. The lowest BCUT2D eigenvalue weighted by Gasteiger charge is -2.19. The Morgan fingerprint density at radius 2 is 2.00 bits per heavy atom. The maximum Gasteiger partial charge on any atom is 0.306 e. The molecule has 5 heteroatoms. The maximum atomic E-state index is 10.4. The molecular formula is C12H16ClNO3. The first-order valence-corrected chi connectivity index (χ1v) is 5.68. The zero-order valence-corrected chi connectivity index (χ0v) is 10.4. The number of carbonyl (C=O) groups is 1. The van der Waals surface area contributed by atoms with Crippen molar-refractivity contribution in [3.63, 3.8) is 0 Å². The Hall–Kier alpha value is -1.10. The van der Waals surface area contributed by atoms with E-state index in [4.69, 9.17) is 16.7 Å². The highest BCUT2D eigenvalue weighted by Crippen LogP contribution is 2.11. The van der Waals surface area contributed by atoms with Crippen LogP contribution < -0.4 is 0 Å². The lowest BCUT2D eigenvalue weighted by atomic mass is 10.2. The molecule has 0 aliphatic rings. The predicted octanol–water partition coefficient (Wildman–Crippen LogP) is 1.61. The van der Waals surface area contributed by atoms with E-state index in [2.05, 4.69) is 0 Å². The van der Waals surface area contributed by atoms with Gasteiger partial charge in [0.15, 0.2) is 0 Å². The topological polar surface area (TPSA) is 60.8 Å². The normalized spacial score (nSPS) is 12.7. The van der Waals surface area contributed by atoms with E-state index in [1.807, 2.05) is 24.1 Å². The summed E-state index contributed by atoms with van der Waals surface area (Å²) in [6.07, 6.45) is -1.07. The number of halogens is 1. The number of hydrogen-bond donors (Lipinski definition) is 2. The Morgan fingerprint density at radius 3 is 2.53 bits per heavy atom. The monoisotopic (exact) mass is 257 g/mol. The van der Waals surface area contributed by atoms with Crippen molar-refractivity contribution in [2.24, 2.45) is 0 Å². The van der Waals surface area contributed by atoms with Crippen LogP contribution in [0.3, 0.4) is 0 Å². The summed E-state index contributed by atoms with van der Waals surface area (Å²) < 4.78 is 0. The van der Waals surface area contributed by atoms with E-state index in [0.717, 1.165) is 5.56 Å². The summed E-state index contributed by atoms with van der Waals surface area (Å²) in [4.78, 5) is 12.3. The number of carboxylic acids is 1. The van der Waals surface area contributed by atoms with E-state index in [-0.39, 0.29) is 6.42 Å². The minimum Gasteiger partial charge on any atom is -0.481 e. The molecule has 0 aliphatic heterocycles. The van der Waals surface area contributed by atoms with Crippen LogP contribution in [0.4, 0.5) is 0 Å². The van der Waals surface area contributed by atoms with Gasteiger partial charge < -0.3 is 10.2 Å². The second-order valence-electron chi connectivity index (χ2n) is 4.07. The third kappa shape index (κ3) is 5.68. The molecule has 0 bridgehead atoms. The summed E-state index contributed by atoms with van der Waals surface area (Å²) in [6, 6.07) is 7.42. The van der Waals surface area contributed by atoms with Crippen LogP contribution in [-0.2, 0) is 11.3 Å². The first kappa shape index (κ1) is 14.0. The van der Waals surface area contributed by atoms with Crippen LogP contribution in [0.15, 0.2) is 24.3 Å². The van der Waals surface area contributed by atoms with Gasteiger partial charge in [-0.15, -0.1) is 0 Å². The van der Waals surface area contributed by atoms with Crippen molar-refractivity contribution < 1.29 is 15.0 Å². The van der Waals surface area contributed by atoms with Crippen LogP contribution in [-0.4, -0.2) is 40.8 Å². The van der Waals surface area contributed by atoms with E-state index in [9.17, 15) is 9.90 Å². The minimum atomic E-state index is -0.989. The molecule has 0 aliphatic carbocycles. The van der Waals surface area contributed by atoms with Gasteiger partial charge in [0.2, 0.25) is 0 Å². The Labute approximate surface area is 105 Å². The fraction of sp³-hybridized carbons (Fsp3) is 0.417. The molecule has 1 atom stereocenters. The van der Waals surface area contributed by atoms with Gasteiger partial charge in [-0.25, -0.2) is 0 Å². The Morgan fingerprint density at radius 1 is 1.41 bits per heavy atom. The van der Waals surface area contributed by atoms with Crippen LogP contribution in [0.25, 0.3) is 0 Å². The van der Waals surface area contributed by atoms with Crippen molar-refractivity contribution in [3.05, 3.63) is 34.9 Å². The highest BCUT2D eigenvalue weighted by Gasteiger charge is 2.12. The summed E-state index contributed by atoms with van der Waals surface area (Å²) in [5.74, 6) is -0.989. The molecule has 17 heavy (non-hydrogen) atoms. The lowest BCUT2D eigenvalue weighted by molar-refractivity contribution is -0.139. The number of aliphatic carboxylic acids is 1. The fourth-order valence-corrected chi connectivity index (χ4v) is 1.72. The highest BCUT2D eigenvalue weighted by molar-refractivity contribution is 6.30. The van der Waals surface area contributed by atoms with Crippen LogP contribution in [0.1, 0.15) is 12.0 Å². The minimum absolute atomic E-state index is 0.231. The zero-order chi connectivity index (χ0) is 12.8. The third-order valence-corrected chi connectivity index (χ3v) is 2.55. The first-order chi connectivity index (χ1) is 7.97. The van der Waals surface area contributed by atoms with Crippen LogP contribution in [0.5, 0.6) is 0 Å². The molecule has 0 radical (unpaired) electrons. The number of aliphatic hydroxyl groups excluding tert-OH is 1. The van der Waals surface area contributed by atoms with Crippen LogP contribution in [0, 0.1) is 0 Å². The Bertz CT molecular complexity index is 367. The van der Waals surface area contributed by atoms with E-state index < -0.39 is 12.1 Å². The van der Waals surface area contributed by atoms with Gasteiger partial charge >= 0.3 is 5.97 Å². The summed E-state index contributed by atoms with van der Waals surface area (Å²) in [5, 5.41) is 18.7. The molecule has 1 aromatic rings. The number of aliphatic hydroxyl groups is 1. The van der Waals surface area contributed by atoms with Gasteiger partial charge in [-0.1, -0.05) is 23.7 Å². The molecular weight excluding hydrogens is 242 g/mol. The first-order valence-electron chi connectivity index (χ1n) is 5.30. The molecule has 0 saturated heterocycles. The SMILES string of the molecule is CN(Cc1ccc(Cl)cc1)CC(O)CC(=O)O. The summed E-state index contributed by atoms with van der Waals surface area (Å²) in [6.45, 7) is 0.975. The van der Waals surface area contributed by atoms with Gasteiger partial charge in [0.1, 0.15) is 0 Å². The summed E-state index contributed by atoms with van der Waals surface area (Å²) in [5.41, 5.74) is 1.07. The summed E-state index contributed by atoms with van der Waals surface area (Å²) >= 11 is 5.77. The number of benzene rings is 1. The number of nitrogens with zero attached hydrogens (tertiary/aromatic N) is 1. The molecule has 1 aromatic carbocycles. The van der Waals surface area contributed by atoms with Gasteiger partial charge in [0, 0.05) is 18.1 Å². The molecule has 1 unspecified atom stereocenters. The van der Waals surface area contributed by atoms with Crippen molar-refractivity contribution in [3.8, 4) is 0 Å². The standard InChI is InChI=1S/C12H16ClNO3/c1-14(8-11(15)6-12(16)17)7-9-2-4-10(13)5-3-9/h2-5,11,15H,6-8H2,1H3,(H,16,17). The largest absolute Gasteiger partial charge is 0.481 e. The average Bonchev–Trinajstić information content (AvgIpc) is 2.19. The van der Waals surface area contributed by atoms with E-state index in [1.165, 1.54) is 0 Å². The van der Waals surface area contributed by atoms with Crippen molar-refractivity contribution in [2.75, 3.05) is 13.6 Å². The van der Waals surface area contributed by atoms with Crippen molar-refractivity contribution >= 4 is 17.6 Å². The molecule has 0 heterocycles. The van der Waals surface area contributed by atoms with E-state index in [0.29, 0.717) is 18.1 Å². The van der Waals surface area contributed by atoms with E-state index >= 15 is 0 Å². The summed E-state index contributed by atoms with van der Waals surface area (Å²) in [7, 11) is 1.83. The van der Waals surface area contributed by atoms with E-state index in [1.54, 1.807) is 12.1 Å². The number of carboxylic acid groups (broad SMARTS) is 1. The number of rotatable bonds is 6. The zero-order valence-electron chi connectivity index (χ0n) is 9.64. The smallest absolute Gasteiger partial charge is 0.306 e. The molecule has 94 valence electrons. The van der Waals surface area contributed by atoms with Crippen LogP contribution in [0.2, 0.25) is 5.02 Å². The quantitative estimate of drug-likeness (QED) is 0.813. The predicted molar refractivity (Wildman–Crippen MR) is 66.0 cm³/mol. The van der Waals surface area contributed by atoms with Gasteiger partial charge in [-0.3, -0.25) is 9.69 Å². The maximum absolute atomic E-state index is 10.4. The number of hydrogen-bond acceptors (Lipinski definition) is 3. The van der Waals surface area contributed by atoms with Crippen molar-refractivity contribution in [1.29, 1.82) is 0 Å². The average molecular weight is 258 g/mol. The number of likely N-dealkylation sites (N-methyl/N-ethyl adjacent to an activating group) is 1. The molecule has 1 rings (SSSR count). The van der Waals surface area contributed by atoms with Gasteiger partial charge in [-0.05, 0) is 24.7 Å². The second-order valence-corrected chi connectivity index (χ2v) is 4.51. The molecule has 0 spiro atoms. The van der Waals surface area contributed by atoms with Crippen molar-refractivity contribution in [1.82, 2.24) is 4.90 Å². The molecule has 0 amide bonds. The lowest BCUT2D eigenvalue weighted by Crippen LogP contribution is -2.30. The molecule has 2 N–H and O–H groups in total. The third-order valence-electron chi connectivity index (χ3n) is 2.30. The van der Waals surface area contributed by atoms with Gasteiger partial charge in [0.05, 0.1) is 12.5 Å². The molecule has 0 fully saturated rings. The molecule has 0 saturated carbocycles.